The topological polar surface area (TPSA) is 62.2 Å². The molecular weight excluding hydrogens is 180 g/mol. The van der Waals surface area contributed by atoms with E-state index in [1.54, 1.807) is 32.2 Å². The summed E-state index contributed by atoms with van der Waals surface area (Å²) < 4.78 is 0. The van der Waals surface area contributed by atoms with Crippen molar-refractivity contribution in [3.63, 3.8) is 0 Å². The van der Waals surface area contributed by atoms with Gasteiger partial charge in [-0.15, -0.1) is 0 Å². The van der Waals surface area contributed by atoms with Crippen LogP contribution < -0.4 is 5.32 Å². The molecule has 1 heterocycles. The summed E-state index contributed by atoms with van der Waals surface area (Å²) in [6.45, 7) is 3.45. The molecule has 1 aromatic rings. The van der Waals surface area contributed by atoms with Crippen LogP contribution in [0.25, 0.3) is 0 Å². The summed E-state index contributed by atoms with van der Waals surface area (Å²) in [6, 6.07) is 3.19. The molecular formula is C10H14N2O2. The highest BCUT2D eigenvalue weighted by Crippen LogP contribution is 2.03. The molecule has 14 heavy (non-hydrogen) atoms. The average molecular weight is 194 g/mol. The van der Waals surface area contributed by atoms with E-state index in [0.717, 1.165) is 0 Å². The van der Waals surface area contributed by atoms with Gasteiger partial charge in [-0.2, -0.15) is 0 Å². The third-order valence-electron chi connectivity index (χ3n) is 1.90. The monoisotopic (exact) mass is 194 g/mol. The van der Waals surface area contributed by atoms with Gasteiger partial charge in [0.05, 0.1) is 12.2 Å². The molecule has 0 bridgehead atoms. The van der Waals surface area contributed by atoms with Crippen molar-refractivity contribution in [3.05, 3.63) is 29.6 Å². The molecule has 4 heteroatoms. The molecule has 0 radical (unpaired) electrons. The zero-order valence-corrected chi connectivity index (χ0v) is 8.32. The van der Waals surface area contributed by atoms with Crippen molar-refractivity contribution in [2.75, 3.05) is 6.61 Å². The second-order valence-corrected chi connectivity index (χ2v) is 3.19. The maximum atomic E-state index is 11.6. The van der Waals surface area contributed by atoms with Crippen LogP contribution in [0.4, 0.5) is 0 Å². The number of aryl methyl sites for hydroxylation is 1. The van der Waals surface area contributed by atoms with Crippen molar-refractivity contribution in [2.45, 2.75) is 19.9 Å². The van der Waals surface area contributed by atoms with Gasteiger partial charge in [0.15, 0.2) is 0 Å². The summed E-state index contributed by atoms with van der Waals surface area (Å²) in [5.41, 5.74) is 1.24. The van der Waals surface area contributed by atoms with Crippen molar-refractivity contribution in [2.24, 2.45) is 0 Å². The van der Waals surface area contributed by atoms with Crippen molar-refractivity contribution in [3.8, 4) is 0 Å². The Morgan fingerprint density at radius 2 is 2.43 bits per heavy atom. The summed E-state index contributed by atoms with van der Waals surface area (Å²) in [5, 5.41) is 11.4. The second kappa shape index (κ2) is 4.72. The van der Waals surface area contributed by atoms with Gasteiger partial charge in [0, 0.05) is 17.9 Å². The zero-order chi connectivity index (χ0) is 10.6. The SMILES string of the molecule is Cc1ncccc1C(=O)NC(C)CO. The molecule has 1 amide bonds. The lowest BCUT2D eigenvalue weighted by molar-refractivity contribution is 0.0921. The summed E-state index contributed by atoms with van der Waals surface area (Å²) in [7, 11) is 0. The average Bonchev–Trinajstić information content (AvgIpc) is 2.18. The standard InChI is InChI=1S/C10H14N2O2/c1-7(6-13)12-10(14)9-4-3-5-11-8(9)2/h3-5,7,13H,6H2,1-2H3,(H,12,14). The van der Waals surface area contributed by atoms with E-state index in [9.17, 15) is 4.79 Å². The summed E-state index contributed by atoms with van der Waals surface area (Å²) in [4.78, 5) is 15.6. The number of rotatable bonds is 3. The Labute approximate surface area is 83.0 Å². The molecule has 0 aliphatic heterocycles. The fourth-order valence-corrected chi connectivity index (χ4v) is 1.07. The number of carbonyl (C=O) groups excluding carboxylic acids is 1. The van der Waals surface area contributed by atoms with E-state index in [1.165, 1.54) is 0 Å². The molecule has 2 N–H and O–H groups in total. The maximum Gasteiger partial charge on any atom is 0.253 e. The number of aliphatic hydroxyl groups is 1. The molecule has 0 saturated heterocycles. The zero-order valence-electron chi connectivity index (χ0n) is 8.32. The first-order valence-electron chi connectivity index (χ1n) is 4.48. The molecule has 1 unspecified atom stereocenters. The maximum absolute atomic E-state index is 11.6. The lowest BCUT2D eigenvalue weighted by Crippen LogP contribution is -2.35. The van der Waals surface area contributed by atoms with E-state index < -0.39 is 0 Å². The Hall–Kier alpha value is -1.42. The van der Waals surface area contributed by atoms with Crippen molar-refractivity contribution >= 4 is 5.91 Å². The number of aromatic nitrogens is 1. The molecule has 1 aromatic heterocycles. The van der Waals surface area contributed by atoms with Crippen LogP contribution in [-0.4, -0.2) is 28.6 Å². The third-order valence-corrected chi connectivity index (χ3v) is 1.90. The van der Waals surface area contributed by atoms with Gasteiger partial charge in [0.1, 0.15) is 0 Å². The number of aliphatic hydroxyl groups excluding tert-OH is 1. The highest BCUT2D eigenvalue weighted by Gasteiger charge is 2.10. The van der Waals surface area contributed by atoms with Gasteiger partial charge in [-0.05, 0) is 26.0 Å². The van der Waals surface area contributed by atoms with Gasteiger partial charge in [-0.25, -0.2) is 0 Å². The molecule has 0 aromatic carbocycles. The van der Waals surface area contributed by atoms with Crippen LogP contribution >= 0.6 is 0 Å². The molecule has 1 rings (SSSR count). The van der Waals surface area contributed by atoms with Gasteiger partial charge in [0.2, 0.25) is 0 Å². The first kappa shape index (κ1) is 10.7. The van der Waals surface area contributed by atoms with Crippen LogP contribution in [0.2, 0.25) is 0 Å². The fraction of sp³-hybridized carbons (Fsp3) is 0.400. The van der Waals surface area contributed by atoms with E-state index >= 15 is 0 Å². The quantitative estimate of drug-likeness (QED) is 0.736. The van der Waals surface area contributed by atoms with Gasteiger partial charge >= 0.3 is 0 Å². The number of carbonyl (C=O) groups is 1. The Balaban J connectivity index is 2.75. The summed E-state index contributed by atoms with van der Waals surface area (Å²) in [6.07, 6.45) is 1.64. The number of hydrogen-bond acceptors (Lipinski definition) is 3. The van der Waals surface area contributed by atoms with Gasteiger partial charge in [-0.3, -0.25) is 9.78 Å². The normalized spacial score (nSPS) is 12.2. The molecule has 0 fully saturated rings. The van der Waals surface area contributed by atoms with Gasteiger partial charge in [0.25, 0.3) is 5.91 Å². The van der Waals surface area contributed by atoms with Crippen LogP contribution in [0, 0.1) is 6.92 Å². The Morgan fingerprint density at radius 1 is 1.71 bits per heavy atom. The minimum atomic E-state index is -0.234. The van der Waals surface area contributed by atoms with Gasteiger partial charge < -0.3 is 10.4 Å². The predicted octanol–water partition coefficient (Wildman–Crippen LogP) is 0.501. The minimum Gasteiger partial charge on any atom is -0.394 e. The van der Waals surface area contributed by atoms with Crippen molar-refractivity contribution < 1.29 is 9.90 Å². The summed E-state index contributed by atoms with van der Waals surface area (Å²) in [5.74, 6) is -0.197. The van der Waals surface area contributed by atoms with Gasteiger partial charge in [-0.1, -0.05) is 0 Å². The third kappa shape index (κ3) is 2.53. The Morgan fingerprint density at radius 3 is 3.00 bits per heavy atom. The van der Waals surface area contributed by atoms with Crippen molar-refractivity contribution in [1.82, 2.24) is 10.3 Å². The van der Waals surface area contributed by atoms with Crippen LogP contribution in [0.15, 0.2) is 18.3 Å². The molecule has 1 atom stereocenters. The fourth-order valence-electron chi connectivity index (χ4n) is 1.07. The predicted molar refractivity (Wildman–Crippen MR) is 53.0 cm³/mol. The number of hydrogen-bond donors (Lipinski definition) is 2. The number of nitrogens with zero attached hydrogens (tertiary/aromatic N) is 1. The lowest BCUT2D eigenvalue weighted by Gasteiger charge is -2.11. The molecule has 0 spiro atoms. The lowest BCUT2D eigenvalue weighted by atomic mass is 10.2. The molecule has 4 nitrogen and oxygen atoms in total. The van der Waals surface area contributed by atoms with Crippen LogP contribution in [0.1, 0.15) is 23.0 Å². The van der Waals surface area contributed by atoms with Crippen LogP contribution in [0.5, 0.6) is 0 Å². The molecule has 0 aliphatic carbocycles. The molecule has 76 valence electrons. The van der Waals surface area contributed by atoms with Crippen LogP contribution in [-0.2, 0) is 0 Å². The Bertz CT molecular complexity index is 326. The number of pyridine rings is 1. The Kier molecular flexibility index (Phi) is 3.59. The molecule has 0 saturated carbocycles. The first-order valence-corrected chi connectivity index (χ1v) is 4.48. The largest absolute Gasteiger partial charge is 0.394 e. The van der Waals surface area contributed by atoms with E-state index in [2.05, 4.69) is 10.3 Å². The smallest absolute Gasteiger partial charge is 0.253 e. The highest BCUT2D eigenvalue weighted by atomic mass is 16.3. The highest BCUT2D eigenvalue weighted by molar-refractivity contribution is 5.95. The summed E-state index contributed by atoms with van der Waals surface area (Å²) >= 11 is 0. The van der Waals surface area contributed by atoms with E-state index in [-0.39, 0.29) is 18.6 Å². The van der Waals surface area contributed by atoms with Crippen LogP contribution in [0.3, 0.4) is 0 Å². The number of amides is 1. The van der Waals surface area contributed by atoms with E-state index in [4.69, 9.17) is 5.11 Å². The molecule has 0 aliphatic rings. The second-order valence-electron chi connectivity index (χ2n) is 3.19. The first-order chi connectivity index (χ1) is 6.65. The van der Waals surface area contributed by atoms with E-state index in [0.29, 0.717) is 11.3 Å². The minimum absolute atomic E-state index is 0.0644. The number of nitrogens with one attached hydrogen (secondary N) is 1. The van der Waals surface area contributed by atoms with Crippen molar-refractivity contribution in [1.29, 1.82) is 0 Å². The van der Waals surface area contributed by atoms with E-state index in [1.807, 2.05) is 0 Å².